The molecule has 0 aromatic carbocycles. The molecule has 2 fully saturated rings. The van der Waals surface area contributed by atoms with Crippen LogP contribution in [0.25, 0.3) is 0 Å². The normalized spacial score (nSPS) is 27.1. The molecule has 2 saturated heterocycles. The number of carbonyl (C=O) groups excluding carboxylic acids is 1. The average Bonchev–Trinajstić information content (AvgIpc) is 2.33. The molecule has 0 saturated carbocycles. The first-order valence-corrected chi connectivity index (χ1v) is 7.25. The fourth-order valence-corrected chi connectivity index (χ4v) is 2.78. The molecule has 0 aromatic rings. The minimum atomic E-state index is -0.640. The van der Waals surface area contributed by atoms with Crippen LogP contribution in [0.3, 0.4) is 0 Å². The van der Waals surface area contributed by atoms with E-state index in [0.29, 0.717) is 25.6 Å². The number of likely N-dealkylation sites (tertiary alicyclic amines) is 1. The van der Waals surface area contributed by atoms with E-state index in [1.54, 1.807) is 4.90 Å². The lowest BCUT2D eigenvalue weighted by Crippen LogP contribution is -2.66. The summed E-state index contributed by atoms with van der Waals surface area (Å²) < 4.78 is 0. The van der Waals surface area contributed by atoms with E-state index >= 15 is 0 Å². The van der Waals surface area contributed by atoms with Gasteiger partial charge in [-0.3, -0.25) is 4.79 Å². The van der Waals surface area contributed by atoms with Crippen LogP contribution < -0.4 is 5.32 Å². The van der Waals surface area contributed by atoms with Crippen LogP contribution in [0, 0.1) is 5.92 Å². The number of amides is 1. The molecule has 2 rings (SSSR count). The number of hydrogen-bond acceptors (Lipinski definition) is 3. The van der Waals surface area contributed by atoms with Gasteiger partial charge in [0.25, 0.3) is 0 Å². The van der Waals surface area contributed by atoms with E-state index in [2.05, 4.69) is 5.32 Å². The highest BCUT2D eigenvalue weighted by Crippen LogP contribution is 2.29. The Morgan fingerprint density at radius 2 is 2.17 bits per heavy atom. The van der Waals surface area contributed by atoms with Crippen LogP contribution in [0.1, 0.15) is 46.0 Å². The summed E-state index contributed by atoms with van der Waals surface area (Å²) >= 11 is 0. The number of piperidine rings is 1. The summed E-state index contributed by atoms with van der Waals surface area (Å²) in [6, 6.07) is 0.521. The molecular weight excluding hydrogens is 228 g/mol. The van der Waals surface area contributed by atoms with Gasteiger partial charge in [0.2, 0.25) is 5.91 Å². The summed E-state index contributed by atoms with van der Waals surface area (Å²) in [5.41, 5.74) is -0.640. The smallest absolute Gasteiger partial charge is 0.222 e. The van der Waals surface area contributed by atoms with E-state index in [0.717, 1.165) is 13.0 Å². The number of nitrogens with zero attached hydrogens (tertiary/aromatic N) is 1. The van der Waals surface area contributed by atoms with E-state index in [4.69, 9.17) is 0 Å². The number of nitrogens with one attached hydrogen (secondary N) is 1. The van der Waals surface area contributed by atoms with Crippen molar-refractivity contribution < 1.29 is 9.90 Å². The second-order valence-electron chi connectivity index (χ2n) is 6.19. The maximum atomic E-state index is 12.0. The predicted octanol–water partition coefficient (Wildman–Crippen LogP) is 1.14. The van der Waals surface area contributed by atoms with Gasteiger partial charge in [-0.15, -0.1) is 0 Å². The minimum Gasteiger partial charge on any atom is -0.386 e. The SMILES string of the molecule is CC(C)C1(O)CN(C(=O)CCC2CCCCN2)C1. The summed E-state index contributed by atoms with van der Waals surface area (Å²) in [4.78, 5) is 13.8. The summed E-state index contributed by atoms with van der Waals surface area (Å²) in [5, 5.41) is 13.6. The molecule has 104 valence electrons. The summed E-state index contributed by atoms with van der Waals surface area (Å²) in [7, 11) is 0. The zero-order valence-corrected chi connectivity index (χ0v) is 11.6. The molecule has 1 amide bonds. The van der Waals surface area contributed by atoms with Crippen LogP contribution in [0.15, 0.2) is 0 Å². The van der Waals surface area contributed by atoms with E-state index in [9.17, 15) is 9.90 Å². The first kappa shape index (κ1) is 13.8. The molecule has 0 bridgehead atoms. The van der Waals surface area contributed by atoms with Crippen LogP contribution in [0.4, 0.5) is 0 Å². The maximum absolute atomic E-state index is 12.0. The predicted molar refractivity (Wildman–Crippen MR) is 71.2 cm³/mol. The largest absolute Gasteiger partial charge is 0.386 e. The highest BCUT2D eigenvalue weighted by molar-refractivity contribution is 5.77. The third-order valence-corrected chi connectivity index (χ3v) is 4.48. The van der Waals surface area contributed by atoms with Crippen LogP contribution in [0.2, 0.25) is 0 Å². The zero-order chi connectivity index (χ0) is 13.2. The van der Waals surface area contributed by atoms with Crippen molar-refractivity contribution >= 4 is 5.91 Å². The zero-order valence-electron chi connectivity index (χ0n) is 11.6. The number of hydrogen-bond donors (Lipinski definition) is 2. The molecule has 1 unspecified atom stereocenters. The quantitative estimate of drug-likeness (QED) is 0.791. The second-order valence-corrected chi connectivity index (χ2v) is 6.19. The second kappa shape index (κ2) is 5.57. The molecule has 2 heterocycles. The third kappa shape index (κ3) is 3.04. The van der Waals surface area contributed by atoms with Crippen LogP contribution in [0.5, 0.6) is 0 Å². The Bertz CT molecular complexity index is 292. The van der Waals surface area contributed by atoms with Gasteiger partial charge in [0.05, 0.1) is 13.1 Å². The molecule has 0 radical (unpaired) electrons. The highest BCUT2D eigenvalue weighted by atomic mass is 16.3. The van der Waals surface area contributed by atoms with Crippen LogP contribution in [-0.2, 0) is 4.79 Å². The van der Waals surface area contributed by atoms with Gasteiger partial charge >= 0.3 is 0 Å². The number of rotatable bonds is 4. The van der Waals surface area contributed by atoms with Gasteiger partial charge in [0, 0.05) is 12.5 Å². The van der Waals surface area contributed by atoms with Crippen molar-refractivity contribution in [2.75, 3.05) is 19.6 Å². The van der Waals surface area contributed by atoms with Gasteiger partial charge in [-0.1, -0.05) is 20.3 Å². The van der Waals surface area contributed by atoms with Crippen molar-refractivity contribution in [3.8, 4) is 0 Å². The van der Waals surface area contributed by atoms with Crippen molar-refractivity contribution in [2.24, 2.45) is 5.92 Å². The van der Waals surface area contributed by atoms with E-state index in [1.165, 1.54) is 19.3 Å². The monoisotopic (exact) mass is 254 g/mol. The van der Waals surface area contributed by atoms with E-state index in [1.807, 2.05) is 13.8 Å². The van der Waals surface area contributed by atoms with Gasteiger partial charge in [-0.05, 0) is 31.7 Å². The molecule has 2 N–H and O–H groups in total. The van der Waals surface area contributed by atoms with Crippen molar-refractivity contribution in [1.29, 1.82) is 0 Å². The Hall–Kier alpha value is -0.610. The van der Waals surface area contributed by atoms with Gasteiger partial charge in [0.1, 0.15) is 5.60 Å². The molecule has 4 nitrogen and oxygen atoms in total. The lowest BCUT2D eigenvalue weighted by atomic mass is 9.82. The van der Waals surface area contributed by atoms with Gasteiger partial charge in [-0.2, -0.15) is 0 Å². The standard InChI is InChI=1S/C14H26N2O2/c1-11(2)14(18)9-16(10-14)13(17)7-6-12-5-3-4-8-15-12/h11-12,15,18H,3-10H2,1-2H3. The molecule has 0 aromatic heterocycles. The summed E-state index contributed by atoms with van der Waals surface area (Å²) in [6.45, 7) is 6.14. The average molecular weight is 254 g/mol. The Morgan fingerprint density at radius 1 is 1.44 bits per heavy atom. The van der Waals surface area contributed by atoms with E-state index < -0.39 is 5.60 Å². The lowest BCUT2D eigenvalue weighted by molar-refractivity contribution is -0.164. The van der Waals surface area contributed by atoms with Crippen molar-refractivity contribution in [2.45, 2.75) is 57.6 Å². The van der Waals surface area contributed by atoms with Crippen LogP contribution in [-0.4, -0.2) is 47.2 Å². The lowest BCUT2D eigenvalue weighted by Gasteiger charge is -2.49. The Balaban J connectivity index is 1.67. The first-order chi connectivity index (χ1) is 8.51. The summed E-state index contributed by atoms with van der Waals surface area (Å²) in [6.07, 6.45) is 5.30. The molecular formula is C14H26N2O2. The molecule has 4 heteroatoms. The molecule has 1 atom stereocenters. The van der Waals surface area contributed by atoms with Crippen LogP contribution >= 0.6 is 0 Å². The maximum Gasteiger partial charge on any atom is 0.222 e. The highest BCUT2D eigenvalue weighted by Gasteiger charge is 2.45. The Labute approximate surface area is 110 Å². The van der Waals surface area contributed by atoms with Crippen molar-refractivity contribution in [3.63, 3.8) is 0 Å². The number of carbonyl (C=O) groups is 1. The molecule has 0 aliphatic carbocycles. The minimum absolute atomic E-state index is 0.202. The third-order valence-electron chi connectivity index (χ3n) is 4.48. The van der Waals surface area contributed by atoms with Gasteiger partial charge in [-0.25, -0.2) is 0 Å². The molecule has 2 aliphatic rings. The fraction of sp³-hybridized carbons (Fsp3) is 0.929. The molecule has 2 aliphatic heterocycles. The van der Waals surface area contributed by atoms with Crippen molar-refractivity contribution in [3.05, 3.63) is 0 Å². The topological polar surface area (TPSA) is 52.6 Å². The molecule has 0 spiro atoms. The Morgan fingerprint density at radius 3 is 2.72 bits per heavy atom. The number of β-amino-alcohol motifs (C(OH)–C–C–N with tert-alkyl or cyclic N) is 1. The van der Waals surface area contributed by atoms with Gasteiger partial charge < -0.3 is 15.3 Å². The van der Waals surface area contributed by atoms with E-state index in [-0.39, 0.29) is 11.8 Å². The summed E-state index contributed by atoms with van der Waals surface area (Å²) in [5.74, 6) is 0.425. The van der Waals surface area contributed by atoms with Gasteiger partial charge in [0.15, 0.2) is 0 Å². The fourth-order valence-electron chi connectivity index (χ4n) is 2.78. The van der Waals surface area contributed by atoms with Crippen molar-refractivity contribution in [1.82, 2.24) is 10.2 Å². The first-order valence-electron chi connectivity index (χ1n) is 7.25. The number of aliphatic hydroxyl groups is 1. The molecule has 18 heavy (non-hydrogen) atoms. The Kier molecular flexibility index (Phi) is 4.28.